The molecule has 0 aliphatic carbocycles. The van der Waals surface area contributed by atoms with Gasteiger partial charge in [0.2, 0.25) is 5.91 Å². The molecule has 0 radical (unpaired) electrons. The van der Waals surface area contributed by atoms with Gasteiger partial charge in [-0.25, -0.2) is 4.68 Å². The predicted octanol–water partition coefficient (Wildman–Crippen LogP) is 2.64. The molecule has 1 unspecified atom stereocenters. The quantitative estimate of drug-likeness (QED) is 0.944. The molecule has 1 aromatic carbocycles. The largest absolute Gasteiger partial charge is 0.310 e. The summed E-state index contributed by atoms with van der Waals surface area (Å²) in [6, 6.07) is 7.25. The van der Waals surface area contributed by atoms with Crippen molar-refractivity contribution >= 4 is 34.1 Å². The SMILES string of the molecule is CCC(=O)Nc1c2c(nn1-c1cccc(Cl)c1)CS(=O)C2. The number of halogens is 1. The van der Waals surface area contributed by atoms with Crippen LogP contribution in [0.25, 0.3) is 5.69 Å². The Morgan fingerprint density at radius 2 is 2.29 bits per heavy atom. The second-order valence-electron chi connectivity index (χ2n) is 4.80. The molecule has 21 heavy (non-hydrogen) atoms. The lowest BCUT2D eigenvalue weighted by atomic mass is 10.2. The third kappa shape index (κ3) is 2.73. The predicted molar refractivity (Wildman–Crippen MR) is 83.0 cm³/mol. The number of carbonyl (C=O) groups is 1. The van der Waals surface area contributed by atoms with Gasteiger partial charge in [-0.15, -0.1) is 0 Å². The van der Waals surface area contributed by atoms with E-state index in [0.29, 0.717) is 28.8 Å². The molecule has 0 saturated heterocycles. The summed E-state index contributed by atoms with van der Waals surface area (Å²) >= 11 is 6.02. The van der Waals surface area contributed by atoms with Crippen molar-refractivity contribution in [2.75, 3.05) is 5.32 Å². The van der Waals surface area contributed by atoms with Gasteiger partial charge in [0.25, 0.3) is 0 Å². The normalized spacial score (nSPS) is 16.8. The first-order valence-corrected chi connectivity index (χ1v) is 8.46. The van der Waals surface area contributed by atoms with E-state index in [1.54, 1.807) is 23.7 Å². The Morgan fingerprint density at radius 3 is 3.00 bits per heavy atom. The number of amides is 1. The highest BCUT2D eigenvalue weighted by Gasteiger charge is 2.28. The minimum atomic E-state index is -0.938. The molecule has 1 aromatic heterocycles. The standard InChI is InChI=1S/C14H14ClN3O2S/c1-2-13(19)16-14-11-7-21(20)8-12(11)17-18(14)10-5-3-4-9(15)6-10/h3-6H,2,7-8H2,1H3,(H,16,19). The molecule has 7 heteroatoms. The zero-order chi connectivity index (χ0) is 15.0. The molecule has 3 rings (SSSR count). The monoisotopic (exact) mass is 323 g/mol. The number of hydrogen-bond acceptors (Lipinski definition) is 3. The molecule has 1 amide bonds. The van der Waals surface area contributed by atoms with Crippen LogP contribution in [-0.4, -0.2) is 19.9 Å². The number of hydrogen-bond donors (Lipinski definition) is 1. The van der Waals surface area contributed by atoms with Crippen LogP contribution in [0.3, 0.4) is 0 Å². The van der Waals surface area contributed by atoms with Gasteiger partial charge in [0.1, 0.15) is 5.82 Å². The molecule has 2 aromatic rings. The van der Waals surface area contributed by atoms with Crippen molar-refractivity contribution in [2.45, 2.75) is 24.9 Å². The summed E-state index contributed by atoms with van der Waals surface area (Å²) in [4.78, 5) is 11.8. The van der Waals surface area contributed by atoms with Crippen molar-refractivity contribution in [1.82, 2.24) is 9.78 Å². The van der Waals surface area contributed by atoms with E-state index in [-0.39, 0.29) is 5.91 Å². The third-order valence-electron chi connectivity index (χ3n) is 3.30. The average Bonchev–Trinajstić information content (AvgIpc) is 2.96. The lowest BCUT2D eigenvalue weighted by molar-refractivity contribution is -0.115. The number of carbonyl (C=O) groups excluding carboxylic acids is 1. The Labute approximate surface area is 129 Å². The van der Waals surface area contributed by atoms with E-state index in [0.717, 1.165) is 16.9 Å². The molecule has 0 spiro atoms. The second kappa shape index (κ2) is 5.61. The maximum atomic E-state index is 11.8. The van der Waals surface area contributed by atoms with Crippen molar-refractivity contribution in [3.8, 4) is 5.69 Å². The Hall–Kier alpha value is -1.66. The van der Waals surface area contributed by atoms with Crippen molar-refractivity contribution in [3.05, 3.63) is 40.5 Å². The van der Waals surface area contributed by atoms with Crippen LogP contribution in [0.4, 0.5) is 5.82 Å². The molecule has 110 valence electrons. The molecule has 1 aliphatic rings. The van der Waals surface area contributed by atoms with Crippen LogP contribution in [0, 0.1) is 0 Å². The molecule has 0 bridgehead atoms. The zero-order valence-corrected chi connectivity index (χ0v) is 13.0. The number of nitrogens with one attached hydrogen (secondary N) is 1. The minimum absolute atomic E-state index is 0.0985. The van der Waals surface area contributed by atoms with E-state index in [2.05, 4.69) is 10.4 Å². The number of aromatic nitrogens is 2. The highest BCUT2D eigenvalue weighted by atomic mass is 35.5. The van der Waals surface area contributed by atoms with Crippen molar-refractivity contribution in [3.63, 3.8) is 0 Å². The number of nitrogens with zero attached hydrogens (tertiary/aromatic N) is 2. The maximum absolute atomic E-state index is 11.8. The number of anilines is 1. The minimum Gasteiger partial charge on any atom is -0.310 e. The van der Waals surface area contributed by atoms with E-state index in [4.69, 9.17) is 11.6 Å². The van der Waals surface area contributed by atoms with Crippen LogP contribution < -0.4 is 5.32 Å². The van der Waals surface area contributed by atoms with Gasteiger partial charge in [-0.1, -0.05) is 24.6 Å². The van der Waals surface area contributed by atoms with Gasteiger partial charge < -0.3 is 5.32 Å². The van der Waals surface area contributed by atoms with E-state index >= 15 is 0 Å². The summed E-state index contributed by atoms with van der Waals surface area (Å²) in [6.07, 6.45) is 0.374. The van der Waals surface area contributed by atoms with Gasteiger partial charge in [-0.05, 0) is 18.2 Å². The van der Waals surface area contributed by atoms with Crippen LogP contribution in [0.1, 0.15) is 24.6 Å². The fraction of sp³-hybridized carbons (Fsp3) is 0.286. The first-order chi connectivity index (χ1) is 10.1. The fourth-order valence-electron chi connectivity index (χ4n) is 2.27. The Morgan fingerprint density at radius 1 is 1.48 bits per heavy atom. The molecule has 0 saturated carbocycles. The molecule has 0 fully saturated rings. The molecular weight excluding hydrogens is 310 g/mol. The Kier molecular flexibility index (Phi) is 3.82. The number of rotatable bonds is 3. The first kappa shape index (κ1) is 14.3. The summed E-state index contributed by atoms with van der Waals surface area (Å²) in [5.74, 6) is 1.36. The average molecular weight is 324 g/mol. The molecule has 1 N–H and O–H groups in total. The van der Waals surface area contributed by atoms with E-state index in [1.807, 2.05) is 12.1 Å². The van der Waals surface area contributed by atoms with Gasteiger partial charge in [0.05, 0.1) is 22.9 Å². The lowest BCUT2D eigenvalue weighted by Crippen LogP contribution is -2.15. The van der Waals surface area contributed by atoms with E-state index < -0.39 is 10.8 Å². The zero-order valence-electron chi connectivity index (χ0n) is 11.4. The molecular formula is C14H14ClN3O2S. The summed E-state index contributed by atoms with van der Waals surface area (Å²) in [5, 5.41) is 7.95. The van der Waals surface area contributed by atoms with Gasteiger partial charge in [0, 0.05) is 27.8 Å². The number of fused-ring (bicyclic) bond motifs is 1. The van der Waals surface area contributed by atoms with Crippen LogP contribution >= 0.6 is 11.6 Å². The summed E-state index contributed by atoms with van der Waals surface area (Å²) in [7, 11) is -0.938. The fourth-order valence-corrected chi connectivity index (χ4v) is 3.72. The summed E-state index contributed by atoms with van der Waals surface area (Å²) in [5.41, 5.74) is 2.41. The lowest BCUT2D eigenvalue weighted by Gasteiger charge is -2.10. The summed E-state index contributed by atoms with van der Waals surface area (Å²) in [6.45, 7) is 1.79. The topological polar surface area (TPSA) is 64.0 Å². The molecule has 5 nitrogen and oxygen atoms in total. The first-order valence-electron chi connectivity index (χ1n) is 6.60. The van der Waals surface area contributed by atoms with E-state index in [1.165, 1.54) is 0 Å². The highest BCUT2D eigenvalue weighted by Crippen LogP contribution is 2.31. The van der Waals surface area contributed by atoms with Crippen molar-refractivity contribution < 1.29 is 9.00 Å². The molecule has 2 heterocycles. The van der Waals surface area contributed by atoms with Crippen LogP contribution in [0.5, 0.6) is 0 Å². The van der Waals surface area contributed by atoms with Crippen LogP contribution in [0.2, 0.25) is 5.02 Å². The van der Waals surface area contributed by atoms with Gasteiger partial charge >= 0.3 is 0 Å². The van der Waals surface area contributed by atoms with Gasteiger partial charge in [-0.3, -0.25) is 9.00 Å². The van der Waals surface area contributed by atoms with Gasteiger partial charge in [0.15, 0.2) is 0 Å². The van der Waals surface area contributed by atoms with E-state index in [9.17, 15) is 9.00 Å². The number of benzene rings is 1. The Bertz CT molecular complexity index is 742. The smallest absolute Gasteiger partial charge is 0.225 e. The maximum Gasteiger partial charge on any atom is 0.225 e. The highest BCUT2D eigenvalue weighted by molar-refractivity contribution is 7.83. The van der Waals surface area contributed by atoms with Crippen molar-refractivity contribution in [1.29, 1.82) is 0 Å². The van der Waals surface area contributed by atoms with Crippen molar-refractivity contribution in [2.24, 2.45) is 0 Å². The Balaban J connectivity index is 2.10. The third-order valence-corrected chi connectivity index (χ3v) is 4.74. The van der Waals surface area contributed by atoms with Crippen LogP contribution in [0.15, 0.2) is 24.3 Å². The second-order valence-corrected chi connectivity index (χ2v) is 6.69. The summed E-state index contributed by atoms with van der Waals surface area (Å²) < 4.78 is 13.4. The van der Waals surface area contributed by atoms with Gasteiger partial charge in [-0.2, -0.15) is 5.10 Å². The molecule has 1 atom stereocenters. The van der Waals surface area contributed by atoms with Crippen LogP contribution in [-0.2, 0) is 27.1 Å². The molecule has 1 aliphatic heterocycles.